The number of ether oxygens (including phenoxy) is 6. The molecule has 2 saturated carbocycles. The number of hydrogen-bond acceptors (Lipinski definition) is 16. The fourth-order valence-corrected chi connectivity index (χ4v) is 12.2. The first kappa shape index (κ1) is 53.9. The summed E-state index contributed by atoms with van der Waals surface area (Å²) >= 11 is 0. The highest BCUT2D eigenvalue weighted by atomic mass is 16.6. The Morgan fingerprint density at radius 2 is 1.32 bits per heavy atom. The number of Topliss-reactive ketones (excluding diaryl/α,β-unsaturated/α-hetero) is 1. The molecule has 9 rings (SSSR count). The van der Waals surface area contributed by atoms with Crippen molar-refractivity contribution < 1.29 is 79.7 Å². The highest BCUT2D eigenvalue weighted by Gasteiger charge is 2.79. The summed E-state index contributed by atoms with van der Waals surface area (Å²) in [5.41, 5.74) is -7.64. The molecule has 1 heterocycles. The average molecular weight is 1090 g/mol. The number of rotatable bonds is 16. The predicted molar refractivity (Wildman–Crippen MR) is 286 cm³/mol. The molecular weight excluding hydrogens is 1030 g/mol. The number of nitrogens with one attached hydrogen (secondary N) is 1. The molecule has 13 atom stereocenters. The number of fused-ring (bicyclic) bond motifs is 5. The third kappa shape index (κ3) is 10.5. The maximum absolute atomic E-state index is 16.5. The second-order valence-electron chi connectivity index (χ2n) is 21.4. The van der Waals surface area contributed by atoms with E-state index in [2.05, 4.69) is 5.32 Å². The Morgan fingerprint density at radius 1 is 0.738 bits per heavy atom. The van der Waals surface area contributed by atoms with Gasteiger partial charge in [-0.2, -0.15) is 0 Å². The average Bonchev–Trinajstić information content (AvgIpc) is 1.92. The number of aliphatic hydroxyl groups is 2. The first-order valence-corrected chi connectivity index (χ1v) is 26.2. The van der Waals surface area contributed by atoms with Crippen LogP contribution in [0.25, 0.3) is 0 Å². The normalized spacial score (nSPS) is 28.3. The van der Waals surface area contributed by atoms with Crippen molar-refractivity contribution in [3.8, 4) is 0 Å². The fourth-order valence-electron chi connectivity index (χ4n) is 12.2. The number of benzene rings is 5. The van der Waals surface area contributed by atoms with Gasteiger partial charge in [0.2, 0.25) is 0 Å². The summed E-state index contributed by atoms with van der Waals surface area (Å²) in [7, 11) is 0. The van der Waals surface area contributed by atoms with E-state index in [0.29, 0.717) is 11.1 Å². The van der Waals surface area contributed by atoms with E-state index in [1.807, 2.05) is 0 Å². The molecular formula is C63H63NO16. The molecule has 80 heavy (non-hydrogen) atoms. The lowest BCUT2D eigenvalue weighted by Crippen LogP contribution is -2.82. The van der Waals surface area contributed by atoms with Gasteiger partial charge in [-0.3, -0.25) is 28.8 Å². The van der Waals surface area contributed by atoms with Crippen LogP contribution in [0.15, 0.2) is 157 Å². The molecule has 1 aliphatic heterocycles. The van der Waals surface area contributed by atoms with Gasteiger partial charge in [0, 0.05) is 57.9 Å². The Kier molecular flexibility index (Phi) is 15.2. The van der Waals surface area contributed by atoms with Crippen molar-refractivity contribution in [2.75, 3.05) is 6.61 Å². The van der Waals surface area contributed by atoms with E-state index in [4.69, 9.17) is 29.8 Å². The Balaban J connectivity index is 1.17. The SMILES string of the molecule is [3H]C(C(=O)O[C@H]1C[C@H]2OC[C@@]2(OC(C)=O)[C@H]2[C@H](OC(=O)c3ccccc3)[C@]3(O)C[C@H](OC(=O)[C@H](O)[C@@H](NC(=O)c4ccccc4)c4ccccc4)C(C)=C([C@@H](OC(C)=O)C(=O)[C@]12C)C3(C)C)C([3H])c1cccc(C(=O)c2ccccc2)c1. The van der Waals surface area contributed by atoms with Crippen LogP contribution in [0.1, 0.15) is 117 Å². The molecule has 416 valence electrons. The second-order valence-corrected chi connectivity index (χ2v) is 21.4. The van der Waals surface area contributed by atoms with E-state index < -0.39 is 144 Å². The van der Waals surface area contributed by atoms with Crippen LogP contribution in [0.5, 0.6) is 0 Å². The minimum Gasteiger partial charge on any atom is -0.461 e. The summed E-state index contributed by atoms with van der Waals surface area (Å²) < 4.78 is 55.8. The minimum absolute atomic E-state index is 0.0232. The molecule has 2 bridgehead atoms. The molecule has 1 saturated heterocycles. The number of carbonyl (C=O) groups is 8. The maximum atomic E-state index is 16.5. The summed E-state index contributed by atoms with van der Waals surface area (Å²) in [5, 5.41) is 28.9. The lowest BCUT2D eigenvalue weighted by atomic mass is 9.44. The molecule has 2 unspecified atom stereocenters. The van der Waals surface area contributed by atoms with Crippen molar-refractivity contribution in [3.63, 3.8) is 0 Å². The van der Waals surface area contributed by atoms with Crippen LogP contribution >= 0.6 is 0 Å². The van der Waals surface area contributed by atoms with Gasteiger partial charge in [0.05, 0.1) is 29.5 Å². The van der Waals surface area contributed by atoms with Gasteiger partial charge < -0.3 is 44.0 Å². The predicted octanol–water partition coefficient (Wildman–Crippen LogP) is 7.15. The van der Waals surface area contributed by atoms with Crippen molar-refractivity contribution in [1.29, 1.82) is 0 Å². The summed E-state index contributed by atoms with van der Waals surface area (Å²) in [6, 6.07) is 36.7. The van der Waals surface area contributed by atoms with Crippen LogP contribution in [-0.2, 0) is 58.8 Å². The zero-order chi connectivity index (χ0) is 59.1. The molecule has 3 aliphatic carbocycles. The smallest absolute Gasteiger partial charge is 0.338 e. The molecule has 3 N–H and O–H groups in total. The van der Waals surface area contributed by atoms with E-state index >= 15 is 4.79 Å². The van der Waals surface area contributed by atoms with Gasteiger partial charge in [-0.15, -0.1) is 0 Å². The Bertz CT molecular complexity index is 3320. The first-order chi connectivity index (χ1) is 38.9. The third-order valence-corrected chi connectivity index (χ3v) is 16.3. The van der Waals surface area contributed by atoms with Gasteiger partial charge in [0.15, 0.2) is 29.4 Å². The third-order valence-electron chi connectivity index (χ3n) is 16.3. The van der Waals surface area contributed by atoms with Crippen molar-refractivity contribution in [2.24, 2.45) is 16.7 Å². The van der Waals surface area contributed by atoms with E-state index in [0.717, 1.165) is 13.8 Å². The first-order valence-electron chi connectivity index (χ1n) is 27.4. The van der Waals surface area contributed by atoms with Crippen LogP contribution in [0, 0.1) is 16.7 Å². The number of aliphatic hydroxyl groups excluding tert-OH is 1. The van der Waals surface area contributed by atoms with Gasteiger partial charge in [0.25, 0.3) is 5.91 Å². The maximum Gasteiger partial charge on any atom is 0.338 e. The van der Waals surface area contributed by atoms with Crippen LogP contribution in [0.4, 0.5) is 0 Å². The summed E-state index contributed by atoms with van der Waals surface area (Å²) in [6.45, 7) is 7.49. The topological polar surface area (TPSA) is 244 Å². The standard InChI is InChI=1S/C63H63NO16/c1-36-45(77-59(73)52(69)50(40-21-11-7-12-22-40)64-57(71)42-25-15-9-16-26-42)34-63(74)56(79-58(72)43-27-17-10-18-28-43)54-61(6,55(70)53(76-37(2)65)49(36)60(63,4)5)46(33-47-62(54,35-75-47)80-38(3)66)78-48(67)31-30-39-20-19-29-44(32-39)51(68)41-23-13-8-14-24-41/h7-29,32,45-47,50,52-54,56,69,74H,30-31,33-35H2,1-6H3,(H,64,71)/t45-,46-,47+,50-,52+,53+,54-,56-,61+,62-,63+/m0/s1/i30T,31T/t30?,31?,45-,46-,47+,50-,52+,53+,54-,56-,61+,62-,63+. The molecule has 3 fully saturated rings. The zero-order valence-electron chi connectivity index (χ0n) is 46.9. The summed E-state index contributed by atoms with van der Waals surface area (Å²) in [5.74, 6) is -9.36. The summed E-state index contributed by atoms with van der Waals surface area (Å²) in [6.07, 6.45) is -15.6. The lowest BCUT2D eigenvalue weighted by molar-refractivity contribution is -0.346. The van der Waals surface area contributed by atoms with Gasteiger partial charge in [-0.25, -0.2) is 9.59 Å². The highest BCUT2D eigenvalue weighted by Crippen LogP contribution is 2.65. The zero-order valence-corrected chi connectivity index (χ0v) is 44.9. The molecule has 4 aliphatic rings. The lowest BCUT2D eigenvalue weighted by Gasteiger charge is -2.67. The molecule has 5 aromatic carbocycles. The number of amides is 1. The largest absolute Gasteiger partial charge is 0.461 e. The quantitative estimate of drug-likeness (QED) is 0.0384. The van der Waals surface area contributed by atoms with Crippen molar-refractivity contribution in [1.82, 2.24) is 5.32 Å². The molecule has 0 radical (unpaired) electrons. The van der Waals surface area contributed by atoms with Crippen LogP contribution in [0.2, 0.25) is 0 Å². The van der Waals surface area contributed by atoms with Crippen molar-refractivity contribution in [2.45, 2.75) is 121 Å². The van der Waals surface area contributed by atoms with E-state index in [1.54, 1.807) is 109 Å². The summed E-state index contributed by atoms with van der Waals surface area (Å²) in [4.78, 5) is 115. The van der Waals surface area contributed by atoms with Crippen LogP contribution < -0.4 is 5.32 Å². The monoisotopic (exact) mass is 1090 g/mol. The molecule has 1 amide bonds. The van der Waals surface area contributed by atoms with E-state index in [9.17, 15) is 45.1 Å². The molecule has 17 nitrogen and oxygen atoms in total. The number of aryl methyl sites for hydroxylation is 1. The molecule has 5 aromatic rings. The van der Waals surface area contributed by atoms with Gasteiger partial charge in [-0.05, 0) is 72.8 Å². The van der Waals surface area contributed by atoms with Crippen LogP contribution in [-0.4, -0.2) is 112 Å². The van der Waals surface area contributed by atoms with E-state index in [-0.39, 0.29) is 39.2 Å². The highest BCUT2D eigenvalue weighted by molar-refractivity contribution is 6.09. The number of esters is 5. The number of hydrogen-bond donors (Lipinski definition) is 3. The molecule has 0 aromatic heterocycles. The minimum atomic E-state index is -2.58. The van der Waals surface area contributed by atoms with Gasteiger partial charge in [-0.1, -0.05) is 129 Å². The fraction of sp³-hybridized carbons (Fsp3) is 0.365. The van der Waals surface area contributed by atoms with Gasteiger partial charge >= 0.3 is 29.8 Å². The van der Waals surface area contributed by atoms with Crippen LogP contribution in [0.3, 0.4) is 0 Å². The van der Waals surface area contributed by atoms with E-state index in [1.165, 1.54) is 64.1 Å². The number of carbonyl (C=O) groups excluding carboxylic acids is 8. The molecule has 0 spiro atoms. The van der Waals surface area contributed by atoms with Crippen molar-refractivity contribution >= 4 is 47.3 Å². The van der Waals surface area contributed by atoms with Crippen molar-refractivity contribution in [3.05, 3.63) is 190 Å². The number of ketones is 2. The molecule has 17 heteroatoms. The Labute approximate surface area is 465 Å². The Morgan fingerprint density at radius 3 is 1.91 bits per heavy atom. The second kappa shape index (κ2) is 22.6. The van der Waals surface area contributed by atoms with Gasteiger partial charge in [0.1, 0.15) is 30.0 Å². The Hall–Kier alpha value is -8.12.